The molecule has 0 heterocycles. The van der Waals surface area contributed by atoms with Crippen LogP contribution in [0.3, 0.4) is 0 Å². The lowest BCUT2D eigenvalue weighted by Gasteiger charge is -2.00. The Bertz CT molecular complexity index is 233. The van der Waals surface area contributed by atoms with Crippen molar-refractivity contribution in [2.45, 2.75) is 27.7 Å². The molecule has 0 aliphatic heterocycles. The van der Waals surface area contributed by atoms with Crippen LogP contribution < -0.4 is 0 Å². The summed E-state index contributed by atoms with van der Waals surface area (Å²) in [5, 5.41) is 8.95. The minimum Gasteiger partial charge on any atom is -0.508 e. The van der Waals surface area contributed by atoms with Crippen molar-refractivity contribution in [2.24, 2.45) is 0 Å². The van der Waals surface area contributed by atoms with Gasteiger partial charge in [0.25, 0.3) is 0 Å². The smallest absolute Gasteiger partial charge is 0.129 e. The van der Waals surface area contributed by atoms with Crippen LogP contribution in [0.4, 0.5) is 4.39 Å². The highest BCUT2D eigenvalue weighted by atomic mass is 19.1. The van der Waals surface area contributed by atoms with Crippen molar-refractivity contribution < 1.29 is 9.50 Å². The maximum Gasteiger partial charge on any atom is 0.129 e. The standard InChI is InChI=1S/C8H9FO.C2H6/c1-5-3-7(10)4-6(2)8(5)9;1-2/h3-4,10H,1-2H3;1-2H3. The van der Waals surface area contributed by atoms with E-state index in [1.807, 2.05) is 13.8 Å². The largest absolute Gasteiger partial charge is 0.508 e. The van der Waals surface area contributed by atoms with Crippen molar-refractivity contribution in [3.8, 4) is 5.75 Å². The number of aromatic hydroxyl groups is 1. The van der Waals surface area contributed by atoms with Crippen molar-refractivity contribution in [2.75, 3.05) is 0 Å². The van der Waals surface area contributed by atoms with Gasteiger partial charge in [-0.15, -0.1) is 0 Å². The number of phenols is 1. The molecule has 0 fully saturated rings. The van der Waals surface area contributed by atoms with Crippen LogP contribution in [0.1, 0.15) is 25.0 Å². The van der Waals surface area contributed by atoms with Crippen molar-refractivity contribution >= 4 is 0 Å². The summed E-state index contributed by atoms with van der Waals surface area (Å²) >= 11 is 0. The molecule has 1 aromatic rings. The van der Waals surface area contributed by atoms with Crippen LogP contribution in [-0.2, 0) is 0 Å². The first-order valence-corrected chi connectivity index (χ1v) is 4.07. The minimum absolute atomic E-state index is 0.122. The fourth-order valence-electron chi connectivity index (χ4n) is 0.923. The third-order valence-corrected chi connectivity index (χ3v) is 1.42. The van der Waals surface area contributed by atoms with Crippen molar-refractivity contribution in [1.82, 2.24) is 0 Å². The first kappa shape index (κ1) is 11.0. The summed E-state index contributed by atoms with van der Waals surface area (Å²) in [5.41, 5.74) is 0.968. The van der Waals surface area contributed by atoms with Crippen LogP contribution >= 0.6 is 0 Å². The lowest BCUT2D eigenvalue weighted by atomic mass is 10.1. The average Bonchev–Trinajstić information content (AvgIpc) is 2.04. The maximum absolute atomic E-state index is 12.8. The summed E-state index contributed by atoms with van der Waals surface area (Å²) in [6.07, 6.45) is 0. The Morgan fingerprint density at radius 3 is 1.75 bits per heavy atom. The average molecular weight is 170 g/mol. The molecule has 0 saturated carbocycles. The lowest BCUT2D eigenvalue weighted by molar-refractivity contribution is 0.471. The van der Waals surface area contributed by atoms with Gasteiger partial charge in [-0.25, -0.2) is 4.39 Å². The van der Waals surface area contributed by atoms with Crippen molar-refractivity contribution in [1.29, 1.82) is 0 Å². The van der Waals surface area contributed by atoms with Gasteiger partial charge in [0.2, 0.25) is 0 Å². The van der Waals surface area contributed by atoms with Gasteiger partial charge in [-0.2, -0.15) is 0 Å². The van der Waals surface area contributed by atoms with E-state index in [0.29, 0.717) is 11.1 Å². The second-order valence-corrected chi connectivity index (χ2v) is 2.39. The third kappa shape index (κ3) is 2.53. The van der Waals surface area contributed by atoms with Gasteiger partial charge in [0.05, 0.1) is 0 Å². The summed E-state index contributed by atoms with van der Waals surface area (Å²) in [7, 11) is 0. The Hall–Kier alpha value is -1.05. The van der Waals surface area contributed by atoms with E-state index in [2.05, 4.69) is 0 Å². The molecule has 0 aliphatic rings. The number of halogens is 1. The Balaban J connectivity index is 0.000000561. The minimum atomic E-state index is -0.238. The van der Waals surface area contributed by atoms with E-state index in [9.17, 15) is 4.39 Å². The van der Waals surface area contributed by atoms with E-state index in [1.54, 1.807) is 13.8 Å². The molecule has 0 saturated heterocycles. The second-order valence-electron chi connectivity index (χ2n) is 2.39. The molecular formula is C10H15FO. The van der Waals surface area contributed by atoms with Gasteiger partial charge >= 0.3 is 0 Å². The SMILES string of the molecule is CC.Cc1cc(O)cc(C)c1F. The van der Waals surface area contributed by atoms with Crippen LogP contribution in [0.15, 0.2) is 12.1 Å². The summed E-state index contributed by atoms with van der Waals surface area (Å²) in [6.45, 7) is 7.25. The molecule has 1 rings (SSSR count). The molecule has 0 atom stereocenters. The molecule has 0 spiro atoms. The Labute approximate surface area is 72.9 Å². The fourth-order valence-corrected chi connectivity index (χ4v) is 0.923. The number of aryl methyl sites for hydroxylation is 2. The number of hydrogen-bond acceptors (Lipinski definition) is 1. The number of hydrogen-bond donors (Lipinski definition) is 1. The summed E-state index contributed by atoms with van der Waals surface area (Å²) in [4.78, 5) is 0. The molecule has 0 aliphatic carbocycles. The van der Waals surface area contributed by atoms with Gasteiger partial charge in [-0.3, -0.25) is 0 Å². The van der Waals surface area contributed by atoms with Crippen LogP contribution in [0.25, 0.3) is 0 Å². The topological polar surface area (TPSA) is 20.2 Å². The van der Waals surface area contributed by atoms with Crippen LogP contribution in [0.2, 0.25) is 0 Å². The summed E-state index contributed by atoms with van der Waals surface area (Å²) in [5.74, 6) is -0.116. The maximum atomic E-state index is 12.8. The van der Waals surface area contributed by atoms with Crippen molar-refractivity contribution in [3.05, 3.63) is 29.1 Å². The van der Waals surface area contributed by atoms with E-state index in [4.69, 9.17) is 5.11 Å². The van der Waals surface area contributed by atoms with Gasteiger partial charge in [-0.05, 0) is 37.1 Å². The Kier molecular flexibility index (Phi) is 4.34. The predicted octanol–water partition coefficient (Wildman–Crippen LogP) is 3.17. The molecule has 0 radical (unpaired) electrons. The van der Waals surface area contributed by atoms with E-state index >= 15 is 0 Å². The monoisotopic (exact) mass is 170 g/mol. The van der Waals surface area contributed by atoms with E-state index < -0.39 is 0 Å². The molecular weight excluding hydrogens is 155 g/mol. The van der Waals surface area contributed by atoms with Crippen molar-refractivity contribution in [3.63, 3.8) is 0 Å². The fraction of sp³-hybridized carbons (Fsp3) is 0.400. The molecule has 0 unspecified atom stereocenters. The molecule has 0 aromatic heterocycles. The molecule has 2 heteroatoms. The molecule has 0 bridgehead atoms. The van der Waals surface area contributed by atoms with Crippen LogP contribution in [-0.4, -0.2) is 5.11 Å². The Morgan fingerprint density at radius 1 is 1.08 bits per heavy atom. The first-order valence-electron chi connectivity index (χ1n) is 4.07. The molecule has 1 nitrogen and oxygen atoms in total. The normalized spacial score (nSPS) is 8.75. The predicted molar refractivity (Wildman–Crippen MR) is 48.9 cm³/mol. The number of rotatable bonds is 0. The highest BCUT2D eigenvalue weighted by Gasteiger charge is 2.01. The number of benzene rings is 1. The second kappa shape index (κ2) is 4.75. The zero-order valence-electron chi connectivity index (χ0n) is 7.98. The zero-order valence-corrected chi connectivity index (χ0v) is 7.98. The summed E-state index contributed by atoms with van der Waals surface area (Å²) < 4.78 is 12.8. The lowest BCUT2D eigenvalue weighted by Crippen LogP contribution is -1.85. The highest BCUT2D eigenvalue weighted by molar-refractivity contribution is 5.33. The summed E-state index contributed by atoms with van der Waals surface area (Å²) in [6, 6.07) is 2.81. The van der Waals surface area contributed by atoms with E-state index in [0.717, 1.165) is 0 Å². The third-order valence-electron chi connectivity index (χ3n) is 1.42. The molecule has 68 valence electrons. The van der Waals surface area contributed by atoms with E-state index in [1.165, 1.54) is 12.1 Å². The van der Waals surface area contributed by atoms with Gasteiger partial charge in [-0.1, -0.05) is 13.8 Å². The van der Waals surface area contributed by atoms with Gasteiger partial charge in [0, 0.05) is 0 Å². The van der Waals surface area contributed by atoms with E-state index in [-0.39, 0.29) is 11.6 Å². The Morgan fingerprint density at radius 2 is 1.42 bits per heavy atom. The number of phenolic OH excluding ortho intramolecular Hbond substituents is 1. The van der Waals surface area contributed by atoms with Gasteiger partial charge in [0.15, 0.2) is 0 Å². The zero-order chi connectivity index (χ0) is 9.72. The molecule has 12 heavy (non-hydrogen) atoms. The van der Waals surface area contributed by atoms with Gasteiger partial charge in [0.1, 0.15) is 11.6 Å². The highest BCUT2D eigenvalue weighted by Crippen LogP contribution is 2.18. The molecule has 1 N–H and O–H groups in total. The quantitative estimate of drug-likeness (QED) is 0.634. The van der Waals surface area contributed by atoms with Crippen LogP contribution in [0, 0.1) is 19.7 Å². The first-order chi connectivity index (χ1) is 5.61. The molecule has 1 aromatic carbocycles. The van der Waals surface area contributed by atoms with Crippen LogP contribution in [0.5, 0.6) is 5.75 Å². The van der Waals surface area contributed by atoms with Gasteiger partial charge < -0.3 is 5.11 Å². The molecule has 0 amide bonds.